The Morgan fingerprint density at radius 2 is 1.77 bits per heavy atom. The van der Waals surface area contributed by atoms with Crippen molar-refractivity contribution in [1.82, 2.24) is 14.9 Å². The van der Waals surface area contributed by atoms with Crippen molar-refractivity contribution in [2.24, 2.45) is 0 Å². The van der Waals surface area contributed by atoms with E-state index in [4.69, 9.17) is 0 Å². The SMILES string of the molecule is Cc1ccc(S(=O)(=O)N2C=CNC(=O)[C@H]2CC(=O)NC2(C)CC[N+](C(=O)[O-])(C(C)(C)C)CC2)cc1. The van der Waals surface area contributed by atoms with Crippen LogP contribution in [-0.2, 0) is 19.6 Å². The van der Waals surface area contributed by atoms with E-state index in [1.807, 2.05) is 34.6 Å². The van der Waals surface area contributed by atoms with Crippen molar-refractivity contribution in [3.63, 3.8) is 0 Å². The summed E-state index contributed by atoms with van der Waals surface area (Å²) in [5, 5.41) is 17.4. The fourth-order valence-corrected chi connectivity index (χ4v) is 6.15. The number of nitrogens with one attached hydrogen (secondary N) is 2. The standard InChI is InChI=1S/C24H34N4O6S/c1-17-6-8-18(9-7-17)35(33,34)27-13-12-25-21(30)19(27)16-20(29)26-24(5)10-14-28(15-11-24,22(31)32)23(2,3)4/h6-9,12-13,19H,10-11,14-16H2,1-5H3,(H2-,25,26,29,30,31,32)/t19-,24?,28?/m1/s1. The van der Waals surface area contributed by atoms with Crippen molar-refractivity contribution in [2.75, 3.05) is 13.1 Å². The molecule has 1 atom stereocenters. The van der Waals surface area contributed by atoms with Crippen molar-refractivity contribution in [2.45, 2.75) is 75.9 Å². The predicted molar refractivity (Wildman–Crippen MR) is 127 cm³/mol. The molecule has 1 saturated heterocycles. The number of sulfonamides is 1. The van der Waals surface area contributed by atoms with Gasteiger partial charge in [-0.15, -0.1) is 0 Å². The molecule has 2 N–H and O–H groups in total. The van der Waals surface area contributed by atoms with Crippen LogP contribution in [0.2, 0.25) is 0 Å². The van der Waals surface area contributed by atoms with Crippen LogP contribution >= 0.6 is 0 Å². The number of carbonyl (C=O) groups excluding carboxylic acids is 3. The maximum atomic E-state index is 13.2. The first-order valence-corrected chi connectivity index (χ1v) is 13.0. The lowest BCUT2D eigenvalue weighted by atomic mass is 9.84. The Bertz CT molecular complexity index is 1130. The first kappa shape index (κ1) is 26.7. The molecule has 1 aromatic carbocycles. The zero-order valence-electron chi connectivity index (χ0n) is 20.8. The van der Waals surface area contributed by atoms with E-state index in [0.717, 1.165) is 9.87 Å². The highest BCUT2D eigenvalue weighted by atomic mass is 32.2. The highest BCUT2D eigenvalue weighted by Crippen LogP contribution is 2.34. The highest BCUT2D eigenvalue weighted by molar-refractivity contribution is 7.89. The number of quaternary nitrogens is 1. The van der Waals surface area contributed by atoms with E-state index < -0.39 is 45.1 Å². The number of amides is 3. The minimum absolute atomic E-state index is 0.0191. The van der Waals surface area contributed by atoms with E-state index in [9.17, 15) is 27.9 Å². The average molecular weight is 507 g/mol. The fourth-order valence-electron chi connectivity index (χ4n) is 4.70. The van der Waals surface area contributed by atoms with Crippen LogP contribution in [0, 0.1) is 6.92 Å². The monoisotopic (exact) mass is 506 g/mol. The Morgan fingerprint density at radius 1 is 1.20 bits per heavy atom. The molecule has 1 fully saturated rings. The van der Waals surface area contributed by atoms with Gasteiger partial charge >= 0.3 is 0 Å². The Morgan fingerprint density at radius 3 is 2.29 bits per heavy atom. The number of piperidine rings is 1. The van der Waals surface area contributed by atoms with E-state index in [-0.39, 0.29) is 28.9 Å². The predicted octanol–water partition coefficient (Wildman–Crippen LogP) is 0.973. The van der Waals surface area contributed by atoms with Crippen molar-refractivity contribution in [3.05, 3.63) is 42.2 Å². The lowest BCUT2D eigenvalue weighted by molar-refractivity contribution is -0.924. The van der Waals surface area contributed by atoms with Crippen LogP contribution in [0.3, 0.4) is 0 Å². The maximum Gasteiger partial charge on any atom is 0.264 e. The number of carboxylic acid groups (broad SMARTS) is 1. The smallest absolute Gasteiger partial charge is 0.264 e. The maximum absolute atomic E-state index is 13.2. The molecule has 11 heteroatoms. The number of aryl methyl sites for hydroxylation is 1. The molecule has 2 aliphatic rings. The molecule has 0 bridgehead atoms. The van der Waals surface area contributed by atoms with E-state index in [0.29, 0.717) is 12.8 Å². The number of hydrogen-bond donors (Lipinski definition) is 2. The zero-order chi connectivity index (χ0) is 26.2. The third-order valence-corrected chi connectivity index (χ3v) is 9.00. The fraction of sp³-hybridized carbons (Fsp3) is 0.542. The Hall–Kier alpha value is -2.92. The molecule has 3 rings (SSSR count). The van der Waals surface area contributed by atoms with Gasteiger partial charge in [0, 0.05) is 30.8 Å². The van der Waals surface area contributed by atoms with Gasteiger partial charge in [0.25, 0.3) is 16.1 Å². The minimum Gasteiger partial charge on any atom is -0.498 e. The Balaban J connectivity index is 1.75. The minimum atomic E-state index is -4.07. The molecule has 10 nitrogen and oxygen atoms in total. The van der Waals surface area contributed by atoms with E-state index >= 15 is 0 Å². The Kier molecular flexibility index (Phi) is 7.07. The quantitative estimate of drug-likeness (QED) is 0.572. The molecule has 0 unspecified atom stereocenters. The molecule has 3 amide bonds. The number of rotatable bonds is 5. The molecule has 1 aromatic rings. The van der Waals surface area contributed by atoms with Crippen LogP contribution < -0.4 is 15.7 Å². The lowest BCUT2D eigenvalue weighted by Crippen LogP contribution is -2.72. The van der Waals surface area contributed by atoms with Gasteiger partial charge in [-0.2, -0.15) is 0 Å². The highest BCUT2D eigenvalue weighted by Gasteiger charge is 2.49. The van der Waals surface area contributed by atoms with Gasteiger partial charge < -0.3 is 20.5 Å². The second-order valence-corrected chi connectivity index (χ2v) is 12.5. The van der Waals surface area contributed by atoms with Crippen molar-refractivity contribution in [1.29, 1.82) is 0 Å². The molecule has 35 heavy (non-hydrogen) atoms. The lowest BCUT2D eigenvalue weighted by Gasteiger charge is -2.53. The summed E-state index contributed by atoms with van der Waals surface area (Å²) >= 11 is 0. The second-order valence-electron chi connectivity index (χ2n) is 10.7. The summed E-state index contributed by atoms with van der Waals surface area (Å²) in [7, 11) is -4.07. The molecule has 0 spiro atoms. The van der Waals surface area contributed by atoms with Gasteiger partial charge in [0.1, 0.15) is 6.04 Å². The van der Waals surface area contributed by atoms with Crippen molar-refractivity contribution >= 4 is 27.9 Å². The summed E-state index contributed by atoms with van der Waals surface area (Å²) in [4.78, 5) is 37.6. The molecule has 0 aromatic heterocycles. The van der Waals surface area contributed by atoms with Gasteiger partial charge in [-0.25, -0.2) is 8.42 Å². The summed E-state index contributed by atoms with van der Waals surface area (Å²) in [6.45, 7) is 9.78. The number of benzene rings is 1. The number of likely N-dealkylation sites (tertiary alicyclic amines) is 1. The molecule has 0 aliphatic carbocycles. The molecule has 2 aliphatic heterocycles. The first-order chi connectivity index (χ1) is 16.1. The summed E-state index contributed by atoms with van der Waals surface area (Å²) < 4.78 is 27.1. The molecule has 0 radical (unpaired) electrons. The zero-order valence-corrected chi connectivity index (χ0v) is 21.6. The van der Waals surface area contributed by atoms with Gasteiger partial charge in [0.2, 0.25) is 11.8 Å². The normalized spacial score (nSPS) is 27.3. The van der Waals surface area contributed by atoms with Gasteiger partial charge in [-0.3, -0.25) is 18.4 Å². The van der Waals surface area contributed by atoms with Crippen LogP contribution in [0.4, 0.5) is 4.79 Å². The summed E-state index contributed by atoms with van der Waals surface area (Å²) in [6, 6.07) is 4.99. The van der Waals surface area contributed by atoms with Crippen LogP contribution in [0.5, 0.6) is 0 Å². The second kappa shape index (κ2) is 9.27. The summed E-state index contributed by atoms with van der Waals surface area (Å²) in [5.74, 6) is -1.09. The first-order valence-electron chi connectivity index (χ1n) is 11.6. The molecule has 2 heterocycles. The van der Waals surface area contributed by atoms with Crippen molar-refractivity contribution in [3.8, 4) is 0 Å². The number of carbonyl (C=O) groups is 3. The molecular formula is C24H34N4O6S. The van der Waals surface area contributed by atoms with Crippen molar-refractivity contribution < 1.29 is 32.4 Å². The average Bonchev–Trinajstić information content (AvgIpc) is 2.74. The third-order valence-electron chi connectivity index (χ3n) is 7.20. The summed E-state index contributed by atoms with van der Waals surface area (Å²) in [5.41, 5.74) is -0.372. The van der Waals surface area contributed by atoms with Crippen LogP contribution in [0.15, 0.2) is 41.6 Å². The number of nitrogens with zero attached hydrogens (tertiary/aromatic N) is 2. The van der Waals surface area contributed by atoms with E-state index in [1.165, 1.54) is 24.5 Å². The van der Waals surface area contributed by atoms with Crippen LogP contribution in [0.1, 0.15) is 52.5 Å². The van der Waals surface area contributed by atoms with Crippen LogP contribution in [-0.4, -0.2) is 65.3 Å². The molecular weight excluding hydrogens is 472 g/mol. The third kappa shape index (κ3) is 5.20. The number of hydrogen-bond acceptors (Lipinski definition) is 6. The van der Waals surface area contributed by atoms with Gasteiger partial charge in [-0.1, -0.05) is 17.7 Å². The van der Waals surface area contributed by atoms with Crippen LogP contribution in [0.25, 0.3) is 0 Å². The van der Waals surface area contributed by atoms with Gasteiger partial charge in [-0.05, 0) is 46.8 Å². The Labute approximate surface area is 206 Å². The molecule has 0 saturated carbocycles. The van der Waals surface area contributed by atoms with Gasteiger partial charge in [0.05, 0.1) is 29.9 Å². The molecule has 192 valence electrons. The summed E-state index contributed by atoms with van der Waals surface area (Å²) in [6.07, 6.45) is 1.74. The van der Waals surface area contributed by atoms with E-state index in [2.05, 4.69) is 10.6 Å². The largest absolute Gasteiger partial charge is 0.498 e. The topological polar surface area (TPSA) is 136 Å². The van der Waals surface area contributed by atoms with E-state index in [1.54, 1.807) is 12.1 Å². The van der Waals surface area contributed by atoms with Gasteiger partial charge in [0.15, 0.2) is 0 Å².